The number of benzene rings is 1. The summed E-state index contributed by atoms with van der Waals surface area (Å²) in [6, 6.07) is 7.86. The molecule has 3 atom stereocenters. The Kier molecular flexibility index (Phi) is 8.00. The molecule has 1 aromatic heterocycles. The molecule has 36 heavy (non-hydrogen) atoms. The number of ether oxygens (including phenoxy) is 1. The Morgan fingerprint density at radius 1 is 1.22 bits per heavy atom. The number of hydrogen-bond donors (Lipinski definition) is 3. The fourth-order valence-corrected chi connectivity index (χ4v) is 5.62. The molecule has 0 saturated heterocycles. The first kappa shape index (κ1) is 26.6. The number of nitrogens with one attached hydrogen (secondary N) is 2. The van der Waals surface area contributed by atoms with E-state index in [-0.39, 0.29) is 28.8 Å². The fourth-order valence-electron chi connectivity index (χ4n) is 5.62. The average molecular weight is 498 g/mol. The Bertz CT molecular complexity index is 1040. The normalized spacial score (nSPS) is 20.4. The van der Waals surface area contributed by atoms with Gasteiger partial charge in [-0.25, -0.2) is 9.37 Å². The number of carbonyl (C=O) groups excluding carboxylic acids is 1. The van der Waals surface area contributed by atoms with Crippen molar-refractivity contribution < 1.29 is 19.0 Å². The zero-order valence-corrected chi connectivity index (χ0v) is 21.9. The molecule has 2 aromatic rings. The van der Waals surface area contributed by atoms with Gasteiger partial charge in [0, 0.05) is 37.7 Å². The van der Waals surface area contributed by atoms with Crippen LogP contribution in [0.2, 0.25) is 0 Å². The highest BCUT2D eigenvalue weighted by atomic mass is 19.1. The first-order valence-electron chi connectivity index (χ1n) is 13.1. The summed E-state index contributed by atoms with van der Waals surface area (Å²) in [7, 11) is 0. The van der Waals surface area contributed by atoms with Crippen LogP contribution < -0.4 is 15.4 Å². The van der Waals surface area contributed by atoms with Crippen LogP contribution in [0.1, 0.15) is 82.5 Å². The number of rotatable bonds is 8. The SMILES string of the molecule is CC(=O)N[C@@H](Cc1ccc(F)cc1)[C@@H](O)CN[C@H]1CC2(CCCC2)Oc2ncc(CC(C)(C)C)cc21. The molecule has 0 bridgehead atoms. The molecule has 3 N–H and O–H groups in total. The van der Waals surface area contributed by atoms with Crippen LogP contribution in [0.25, 0.3) is 0 Å². The molecule has 196 valence electrons. The third-order valence-electron chi connectivity index (χ3n) is 7.24. The minimum Gasteiger partial charge on any atom is -0.471 e. The predicted octanol–water partition coefficient (Wildman–Crippen LogP) is 4.64. The molecule has 1 aromatic carbocycles. The highest BCUT2D eigenvalue weighted by molar-refractivity contribution is 5.73. The van der Waals surface area contributed by atoms with E-state index >= 15 is 0 Å². The third-order valence-corrected chi connectivity index (χ3v) is 7.24. The van der Waals surface area contributed by atoms with E-state index in [0.29, 0.717) is 18.8 Å². The van der Waals surface area contributed by atoms with Crippen LogP contribution in [-0.2, 0) is 17.6 Å². The number of nitrogens with zero attached hydrogens (tertiary/aromatic N) is 1. The molecule has 0 radical (unpaired) electrons. The van der Waals surface area contributed by atoms with E-state index in [0.717, 1.165) is 49.7 Å². The summed E-state index contributed by atoms with van der Waals surface area (Å²) >= 11 is 0. The third kappa shape index (κ3) is 6.83. The Morgan fingerprint density at radius 2 is 1.92 bits per heavy atom. The van der Waals surface area contributed by atoms with Crippen molar-refractivity contribution in [3.8, 4) is 5.88 Å². The Morgan fingerprint density at radius 3 is 2.56 bits per heavy atom. The van der Waals surface area contributed by atoms with Crippen molar-refractivity contribution in [2.24, 2.45) is 5.41 Å². The topological polar surface area (TPSA) is 83.5 Å². The van der Waals surface area contributed by atoms with Crippen molar-refractivity contribution in [2.45, 2.75) is 96.4 Å². The maximum Gasteiger partial charge on any atom is 0.218 e. The molecule has 1 saturated carbocycles. The summed E-state index contributed by atoms with van der Waals surface area (Å²) in [5, 5.41) is 17.6. The van der Waals surface area contributed by atoms with Crippen molar-refractivity contribution in [3.63, 3.8) is 0 Å². The molecule has 1 aliphatic carbocycles. The molecule has 1 amide bonds. The molecular weight excluding hydrogens is 457 g/mol. The monoisotopic (exact) mass is 497 g/mol. The van der Waals surface area contributed by atoms with Crippen molar-refractivity contribution in [3.05, 3.63) is 59.0 Å². The van der Waals surface area contributed by atoms with Crippen LogP contribution in [0.3, 0.4) is 0 Å². The lowest BCUT2D eigenvalue weighted by atomic mass is 9.84. The zero-order chi connectivity index (χ0) is 25.9. The number of amides is 1. The smallest absolute Gasteiger partial charge is 0.218 e. The molecule has 7 heteroatoms. The first-order chi connectivity index (χ1) is 17.0. The summed E-state index contributed by atoms with van der Waals surface area (Å²) in [5.74, 6) is 0.173. The Hall–Kier alpha value is -2.51. The van der Waals surface area contributed by atoms with Gasteiger partial charge in [-0.1, -0.05) is 32.9 Å². The second-order valence-corrected chi connectivity index (χ2v) is 11.8. The van der Waals surface area contributed by atoms with Crippen LogP contribution in [0.15, 0.2) is 36.5 Å². The van der Waals surface area contributed by atoms with Gasteiger partial charge in [0.25, 0.3) is 0 Å². The van der Waals surface area contributed by atoms with Gasteiger partial charge < -0.3 is 20.5 Å². The zero-order valence-electron chi connectivity index (χ0n) is 21.9. The van der Waals surface area contributed by atoms with Gasteiger partial charge in [0.15, 0.2) is 0 Å². The highest BCUT2D eigenvalue weighted by Gasteiger charge is 2.44. The van der Waals surface area contributed by atoms with Gasteiger partial charge in [0.05, 0.1) is 12.1 Å². The second kappa shape index (κ2) is 10.9. The van der Waals surface area contributed by atoms with E-state index in [9.17, 15) is 14.3 Å². The molecule has 1 aliphatic heterocycles. The largest absolute Gasteiger partial charge is 0.471 e. The lowest BCUT2D eigenvalue weighted by Crippen LogP contribution is -2.50. The molecule has 0 unspecified atom stereocenters. The predicted molar refractivity (Wildman–Crippen MR) is 138 cm³/mol. The van der Waals surface area contributed by atoms with Crippen molar-refractivity contribution in [1.82, 2.24) is 15.6 Å². The van der Waals surface area contributed by atoms with Crippen LogP contribution in [-0.4, -0.2) is 40.3 Å². The number of halogens is 1. The maximum atomic E-state index is 13.3. The van der Waals surface area contributed by atoms with Gasteiger partial charge in [-0.15, -0.1) is 0 Å². The molecule has 1 spiro atoms. The number of aliphatic hydroxyl groups excluding tert-OH is 1. The standard InChI is InChI=1S/C29H40FN3O3/c1-19(34)33-24(14-20-7-9-22(30)10-8-20)26(35)18-31-25-16-29(11-5-6-12-29)36-27-23(25)13-21(17-32-27)15-28(2,3)4/h7-10,13,17,24-26,31,35H,5-6,11-12,14-16,18H2,1-4H3,(H,33,34)/t24-,25-,26-/m0/s1. The highest BCUT2D eigenvalue weighted by Crippen LogP contribution is 2.46. The summed E-state index contributed by atoms with van der Waals surface area (Å²) in [6.07, 6.45) is 7.58. The van der Waals surface area contributed by atoms with Crippen molar-refractivity contribution in [2.75, 3.05) is 6.54 Å². The van der Waals surface area contributed by atoms with E-state index < -0.39 is 12.1 Å². The number of aromatic nitrogens is 1. The number of fused-ring (bicyclic) bond motifs is 1. The Balaban J connectivity index is 1.51. The van der Waals surface area contributed by atoms with Crippen LogP contribution in [0.4, 0.5) is 4.39 Å². The van der Waals surface area contributed by atoms with E-state index in [4.69, 9.17) is 9.72 Å². The summed E-state index contributed by atoms with van der Waals surface area (Å²) in [6.45, 7) is 8.39. The average Bonchev–Trinajstić information content (AvgIpc) is 3.24. The van der Waals surface area contributed by atoms with Gasteiger partial charge in [0.2, 0.25) is 11.8 Å². The van der Waals surface area contributed by atoms with Crippen molar-refractivity contribution >= 4 is 5.91 Å². The van der Waals surface area contributed by atoms with Gasteiger partial charge >= 0.3 is 0 Å². The summed E-state index contributed by atoms with van der Waals surface area (Å²) < 4.78 is 19.8. The fraction of sp³-hybridized carbons (Fsp3) is 0.586. The van der Waals surface area contributed by atoms with Gasteiger partial charge in [0.1, 0.15) is 11.4 Å². The van der Waals surface area contributed by atoms with Gasteiger partial charge in [-0.05, 0) is 73.3 Å². The van der Waals surface area contributed by atoms with Gasteiger partial charge in [-0.3, -0.25) is 4.79 Å². The number of hydrogen-bond acceptors (Lipinski definition) is 5. The molecule has 6 nitrogen and oxygen atoms in total. The lowest BCUT2D eigenvalue weighted by molar-refractivity contribution is -0.120. The summed E-state index contributed by atoms with van der Waals surface area (Å²) in [4.78, 5) is 16.6. The van der Waals surface area contributed by atoms with E-state index in [2.05, 4.69) is 37.5 Å². The second-order valence-electron chi connectivity index (χ2n) is 11.8. The number of carbonyl (C=O) groups is 1. The molecule has 2 heterocycles. The van der Waals surface area contributed by atoms with Gasteiger partial charge in [-0.2, -0.15) is 0 Å². The van der Waals surface area contributed by atoms with Crippen LogP contribution in [0, 0.1) is 11.2 Å². The van der Waals surface area contributed by atoms with Crippen molar-refractivity contribution in [1.29, 1.82) is 0 Å². The number of aliphatic hydroxyl groups is 1. The first-order valence-corrected chi connectivity index (χ1v) is 13.1. The summed E-state index contributed by atoms with van der Waals surface area (Å²) in [5.41, 5.74) is 3.00. The molecule has 2 aliphatic rings. The lowest BCUT2D eigenvalue weighted by Gasteiger charge is -2.40. The minimum absolute atomic E-state index is 0.00211. The Labute approximate surface area is 214 Å². The van der Waals surface area contributed by atoms with Crippen LogP contribution >= 0.6 is 0 Å². The van der Waals surface area contributed by atoms with E-state index in [1.165, 1.54) is 24.6 Å². The van der Waals surface area contributed by atoms with E-state index in [1.807, 2.05) is 6.20 Å². The van der Waals surface area contributed by atoms with Crippen LogP contribution in [0.5, 0.6) is 5.88 Å². The molecule has 4 rings (SSSR count). The number of pyridine rings is 1. The van der Waals surface area contributed by atoms with E-state index in [1.54, 1.807) is 12.1 Å². The molecule has 1 fully saturated rings. The molecular formula is C29H40FN3O3. The maximum absolute atomic E-state index is 13.3. The minimum atomic E-state index is -0.824. The quantitative estimate of drug-likeness (QED) is 0.495.